The molecule has 11 nitrogen and oxygen atoms in total. The third-order valence-electron chi connectivity index (χ3n) is 10.9. The zero-order chi connectivity index (χ0) is 41.0. The van der Waals surface area contributed by atoms with Gasteiger partial charge in [-0.25, -0.2) is 8.78 Å². The summed E-state index contributed by atoms with van der Waals surface area (Å²) in [7, 11) is 1.42. The molecule has 2 N–H and O–H groups in total. The highest BCUT2D eigenvalue weighted by atomic mass is 28.3. The summed E-state index contributed by atoms with van der Waals surface area (Å²) in [5.74, 6) is 7.11. The zero-order valence-electron chi connectivity index (χ0n) is 33.0. The number of fused-ring (bicyclic) bond motifs is 3. The Bertz CT molecular complexity index is 2220. The monoisotopic (exact) mass is 810 g/mol. The largest absolute Gasteiger partial charge is 0.461 e. The van der Waals surface area contributed by atoms with Gasteiger partial charge in [-0.05, 0) is 38.8 Å². The van der Waals surface area contributed by atoms with Crippen LogP contribution in [0.3, 0.4) is 0 Å². The van der Waals surface area contributed by atoms with Crippen LogP contribution in [0, 0.1) is 29.1 Å². The summed E-state index contributed by atoms with van der Waals surface area (Å²) in [5.41, 5.74) is 8.18. The molecule has 0 unspecified atom stereocenters. The summed E-state index contributed by atoms with van der Waals surface area (Å²) in [6.07, 6.45) is -5.10. The molecule has 3 aromatic rings. The minimum atomic E-state index is -4.97. The molecule has 1 amide bonds. The maximum Gasteiger partial charge on any atom is 0.418 e. The van der Waals surface area contributed by atoms with Crippen molar-refractivity contribution in [1.82, 2.24) is 29.5 Å². The van der Waals surface area contributed by atoms with E-state index < -0.39 is 60.3 Å². The molecule has 7 rings (SSSR count). The molecule has 3 atom stereocenters. The topological polar surface area (TPSA) is 115 Å². The van der Waals surface area contributed by atoms with Crippen molar-refractivity contribution in [3.8, 4) is 29.3 Å². The molecule has 4 aliphatic heterocycles. The van der Waals surface area contributed by atoms with Crippen LogP contribution in [0.4, 0.5) is 33.5 Å². The molecule has 4 aliphatic rings. The second kappa shape index (κ2) is 15.2. The number of carbonyl (C=O) groups is 1. The summed E-state index contributed by atoms with van der Waals surface area (Å²) in [6.45, 7) is 9.85. The second-order valence-electron chi connectivity index (χ2n) is 16.5. The number of carbonyl (C=O) groups excluding carboxylic acids is 1. The van der Waals surface area contributed by atoms with Gasteiger partial charge in [0.2, 0.25) is 0 Å². The van der Waals surface area contributed by atoms with Crippen LogP contribution >= 0.6 is 0 Å². The van der Waals surface area contributed by atoms with E-state index in [1.54, 1.807) is 14.1 Å². The number of amides is 1. The minimum absolute atomic E-state index is 0.0328. The van der Waals surface area contributed by atoms with Crippen molar-refractivity contribution < 1.29 is 36.2 Å². The summed E-state index contributed by atoms with van der Waals surface area (Å²) < 4.78 is 88.9. The third kappa shape index (κ3) is 7.94. The number of hydrogen-bond acceptors (Lipinski definition) is 9. The van der Waals surface area contributed by atoms with Crippen LogP contribution in [0.5, 0.6) is 6.01 Å². The van der Waals surface area contributed by atoms with Gasteiger partial charge in [0.15, 0.2) is 11.5 Å². The van der Waals surface area contributed by atoms with E-state index in [1.807, 2.05) is 9.58 Å². The Morgan fingerprint density at radius 3 is 2.63 bits per heavy atom. The SMILES string of the molecule is CC#Cc1cc(N)c(F)c([C@@H]2Cc3nc(OC[C@@]45CCCN4C[C@H](F)C5)nc(N4CCCn5nc(C(=O)N(C)C)c(C#C[Si](C)(C)C)c5C4)c3CO2)c1C(F)(F)F. The molecule has 6 heterocycles. The number of hydrogen-bond donors (Lipinski definition) is 1. The lowest BCUT2D eigenvalue weighted by Gasteiger charge is -2.33. The molecule has 0 radical (unpaired) electrons. The number of benzene rings is 1. The van der Waals surface area contributed by atoms with Gasteiger partial charge in [0, 0.05) is 63.3 Å². The lowest BCUT2D eigenvalue weighted by molar-refractivity contribution is -0.140. The molecule has 2 aromatic heterocycles. The van der Waals surface area contributed by atoms with E-state index in [-0.39, 0.29) is 43.8 Å². The molecule has 304 valence electrons. The van der Waals surface area contributed by atoms with Crippen LogP contribution < -0.4 is 15.4 Å². The molecule has 2 fully saturated rings. The summed E-state index contributed by atoms with van der Waals surface area (Å²) in [6, 6.07) is 0.858. The molecular weight excluding hydrogens is 764 g/mol. The van der Waals surface area contributed by atoms with Gasteiger partial charge in [-0.2, -0.15) is 28.2 Å². The fraction of sp³-hybridized carbons (Fsp3) is 0.550. The van der Waals surface area contributed by atoms with Crippen molar-refractivity contribution in [2.75, 3.05) is 51.0 Å². The van der Waals surface area contributed by atoms with Crippen LogP contribution in [0.1, 0.15) is 88.4 Å². The molecule has 0 bridgehead atoms. The maximum atomic E-state index is 15.8. The van der Waals surface area contributed by atoms with E-state index >= 15 is 4.39 Å². The summed E-state index contributed by atoms with van der Waals surface area (Å²) in [5, 5.41) is 4.73. The van der Waals surface area contributed by atoms with Crippen LogP contribution in [0.25, 0.3) is 0 Å². The molecule has 17 heteroatoms. The molecule has 1 aromatic carbocycles. The van der Waals surface area contributed by atoms with Crippen molar-refractivity contribution in [2.24, 2.45) is 0 Å². The molecule has 2 saturated heterocycles. The van der Waals surface area contributed by atoms with Gasteiger partial charge < -0.3 is 25.0 Å². The van der Waals surface area contributed by atoms with E-state index in [2.05, 4.69) is 47.8 Å². The van der Waals surface area contributed by atoms with Gasteiger partial charge in [-0.1, -0.05) is 31.5 Å². The Labute approximate surface area is 330 Å². The van der Waals surface area contributed by atoms with Gasteiger partial charge in [-0.15, -0.1) is 11.5 Å². The van der Waals surface area contributed by atoms with Gasteiger partial charge in [0.05, 0.1) is 53.0 Å². The third-order valence-corrected chi connectivity index (χ3v) is 11.8. The highest BCUT2D eigenvalue weighted by molar-refractivity contribution is 6.83. The smallest absolute Gasteiger partial charge is 0.418 e. The van der Waals surface area contributed by atoms with Crippen molar-refractivity contribution in [2.45, 2.75) is 102 Å². The van der Waals surface area contributed by atoms with E-state index in [0.29, 0.717) is 55.1 Å². The zero-order valence-corrected chi connectivity index (χ0v) is 34.0. The minimum Gasteiger partial charge on any atom is -0.461 e. The fourth-order valence-electron chi connectivity index (χ4n) is 8.37. The normalized spacial score (nSPS) is 22.1. The highest BCUT2D eigenvalue weighted by Gasteiger charge is 2.50. The number of halogens is 5. The first-order valence-corrected chi connectivity index (χ1v) is 22.6. The van der Waals surface area contributed by atoms with Crippen molar-refractivity contribution >= 4 is 25.5 Å². The standard InChI is InChI=1S/C40H47F5N8O3Si/c1-7-10-24-17-28(46)34(42)32(33(24)40(43,44)45)31-18-29-27(22-55-31)36(48-38(47-29)56-23-39-12-8-14-52(39)20-25(41)19-39)51-13-9-15-53-30(21-51)26(11-16-57(4,5)6)35(49-53)37(54)50(2)3/h17,25,31H,8-9,12-15,18-23,46H2,1-6H3/t25-,31+,39+/m1/s1. The maximum absolute atomic E-state index is 15.8. The number of nitrogen functional groups attached to an aromatic ring is 1. The van der Waals surface area contributed by atoms with Gasteiger partial charge in [-0.3, -0.25) is 14.4 Å². The van der Waals surface area contributed by atoms with Crippen LogP contribution in [0.2, 0.25) is 19.6 Å². The highest BCUT2D eigenvalue weighted by Crippen LogP contribution is 2.45. The van der Waals surface area contributed by atoms with Crippen molar-refractivity contribution in [3.63, 3.8) is 0 Å². The Morgan fingerprint density at radius 1 is 1.16 bits per heavy atom. The van der Waals surface area contributed by atoms with Crippen molar-refractivity contribution in [3.05, 3.63) is 56.8 Å². The molecule has 57 heavy (non-hydrogen) atoms. The number of alkyl halides is 4. The first-order valence-electron chi connectivity index (χ1n) is 19.1. The number of nitrogens with zero attached hydrogens (tertiary/aromatic N) is 7. The van der Waals surface area contributed by atoms with Crippen LogP contribution in [0.15, 0.2) is 6.07 Å². The molecule has 0 aliphatic carbocycles. The number of anilines is 2. The average Bonchev–Trinajstić information content (AvgIpc) is 3.72. The number of aromatic nitrogens is 4. The summed E-state index contributed by atoms with van der Waals surface area (Å²) in [4.78, 5) is 28.6. The second-order valence-corrected chi connectivity index (χ2v) is 21.2. The fourth-order valence-corrected chi connectivity index (χ4v) is 8.87. The Morgan fingerprint density at radius 2 is 1.93 bits per heavy atom. The predicted molar refractivity (Wildman–Crippen MR) is 206 cm³/mol. The predicted octanol–water partition coefficient (Wildman–Crippen LogP) is 5.89. The summed E-state index contributed by atoms with van der Waals surface area (Å²) >= 11 is 0. The lowest BCUT2D eigenvalue weighted by Crippen LogP contribution is -2.43. The first-order chi connectivity index (χ1) is 26.9. The van der Waals surface area contributed by atoms with Crippen molar-refractivity contribution in [1.29, 1.82) is 0 Å². The van der Waals surface area contributed by atoms with E-state index in [0.717, 1.165) is 31.1 Å². The average molecular weight is 811 g/mol. The van der Waals surface area contributed by atoms with Gasteiger partial charge >= 0.3 is 12.2 Å². The van der Waals surface area contributed by atoms with E-state index in [9.17, 15) is 22.4 Å². The number of nitrogens with two attached hydrogens (primary N) is 1. The van der Waals surface area contributed by atoms with Crippen LogP contribution in [-0.2, 0) is 37.0 Å². The van der Waals surface area contributed by atoms with Gasteiger partial charge in [0.25, 0.3) is 5.91 Å². The molecular formula is C40H47F5N8O3Si. The lowest BCUT2D eigenvalue weighted by atomic mass is 9.91. The van der Waals surface area contributed by atoms with Gasteiger partial charge in [0.1, 0.15) is 26.7 Å². The van der Waals surface area contributed by atoms with E-state index in [4.69, 9.17) is 30.3 Å². The Balaban J connectivity index is 1.33. The molecule has 0 spiro atoms. The van der Waals surface area contributed by atoms with E-state index in [1.165, 1.54) is 11.8 Å². The molecule has 0 saturated carbocycles. The number of ether oxygens (including phenoxy) is 2. The number of aryl methyl sites for hydroxylation is 1. The first kappa shape index (κ1) is 40.5. The Kier molecular flexibility index (Phi) is 10.8. The Hall–Kier alpha value is -4.71. The number of rotatable bonds is 6. The van der Waals surface area contributed by atoms with Crippen LogP contribution in [-0.4, -0.2) is 95.6 Å². The quantitative estimate of drug-likeness (QED) is 0.141.